The second-order valence-corrected chi connectivity index (χ2v) is 7.26. The van der Waals surface area contributed by atoms with E-state index in [2.05, 4.69) is 0 Å². The van der Waals surface area contributed by atoms with Crippen LogP contribution in [0, 0.1) is 0 Å². The van der Waals surface area contributed by atoms with Gasteiger partial charge in [-0.3, -0.25) is 0 Å². The van der Waals surface area contributed by atoms with Crippen LogP contribution < -0.4 is 0 Å². The lowest BCUT2D eigenvalue weighted by Crippen LogP contribution is -2.50. The summed E-state index contributed by atoms with van der Waals surface area (Å²) in [5.74, 6) is -1.22. The first-order chi connectivity index (χ1) is 8.84. The molecule has 1 fully saturated rings. The van der Waals surface area contributed by atoms with Crippen LogP contribution in [-0.2, 0) is 14.8 Å². The summed E-state index contributed by atoms with van der Waals surface area (Å²) in [6.07, 6.45) is -0.196. The Morgan fingerprint density at radius 1 is 1.53 bits per heavy atom. The van der Waals surface area contributed by atoms with E-state index >= 15 is 0 Å². The van der Waals surface area contributed by atoms with E-state index in [1.807, 2.05) is 0 Å². The quantitative estimate of drug-likeness (QED) is 0.908. The number of thiophene rings is 1. The molecular formula is C11H15NO5S2. The molecule has 1 aliphatic rings. The molecule has 2 unspecified atom stereocenters. The SMILES string of the molecule is CC1CN(S(=O)(=O)c2ccsc2C(=O)O)C(C)CO1. The monoisotopic (exact) mass is 305 g/mol. The zero-order valence-electron chi connectivity index (χ0n) is 10.6. The van der Waals surface area contributed by atoms with Gasteiger partial charge in [0.2, 0.25) is 10.0 Å². The van der Waals surface area contributed by atoms with E-state index in [4.69, 9.17) is 9.84 Å². The maximum absolute atomic E-state index is 12.5. The third kappa shape index (κ3) is 2.66. The predicted octanol–water partition coefficient (Wildman–Crippen LogP) is 1.24. The molecule has 0 aromatic carbocycles. The number of rotatable bonds is 3. The van der Waals surface area contributed by atoms with Crippen LogP contribution in [-0.4, -0.2) is 49.1 Å². The van der Waals surface area contributed by atoms with Crippen LogP contribution in [0.25, 0.3) is 0 Å². The molecule has 1 saturated heterocycles. The van der Waals surface area contributed by atoms with Gasteiger partial charge in [0.25, 0.3) is 0 Å². The number of carbonyl (C=O) groups is 1. The van der Waals surface area contributed by atoms with E-state index in [1.54, 1.807) is 13.8 Å². The normalized spacial score (nSPS) is 25.4. The van der Waals surface area contributed by atoms with Crippen LogP contribution in [0.5, 0.6) is 0 Å². The Hall–Kier alpha value is -0.960. The Bertz CT molecular complexity index is 580. The zero-order chi connectivity index (χ0) is 14.2. The van der Waals surface area contributed by atoms with Crippen LogP contribution in [0.2, 0.25) is 0 Å². The van der Waals surface area contributed by atoms with Crippen molar-refractivity contribution in [2.75, 3.05) is 13.2 Å². The summed E-state index contributed by atoms with van der Waals surface area (Å²) in [4.78, 5) is 10.8. The van der Waals surface area contributed by atoms with Crippen molar-refractivity contribution in [2.24, 2.45) is 0 Å². The zero-order valence-corrected chi connectivity index (χ0v) is 12.2. The minimum atomic E-state index is -3.79. The molecule has 6 nitrogen and oxygen atoms in total. The summed E-state index contributed by atoms with van der Waals surface area (Å²) >= 11 is 0.914. The first kappa shape index (κ1) is 14.4. The van der Waals surface area contributed by atoms with Gasteiger partial charge in [0, 0.05) is 12.6 Å². The first-order valence-electron chi connectivity index (χ1n) is 5.78. The van der Waals surface area contributed by atoms with E-state index in [1.165, 1.54) is 15.8 Å². The van der Waals surface area contributed by atoms with Crippen molar-refractivity contribution in [1.29, 1.82) is 0 Å². The number of ether oxygens (including phenoxy) is 1. The summed E-state index contributed by atoms with van der Waals surface area (Å²) in [7, 11) is -3.79. The van der Waals surface area contributed by atoms with Gasteiger partial charge in [-0.2, -0.15) is 4.31 Å². The topological polar surface area (TPSA) is 83.9 Å². The van der Waals surface area contributed by atoms with E-state index in [-0.39, 0.29) is 28.5 Å². The molecule has 2 rings (SSSR count). The third-order valence-corrected chi connectivity index (χ3v) is 6.01. The molecule has 106 valence electrons. The van der Waals surface area contributed by atoms with Crippen molar-refractivity contribution in [1.82, 2.24) is 4.31 Å². The van der Waals surface area contributed by atoms with E-state index < -0.39 is 16.0 Å². The molecule has 0 spiro atoms. The van der Waals surface area contributed by atoms with Crippen molar-refractivity contribution in [3.63, 3.8) is 0 Å². The maximum atomic E-state index is 12.5. The Morgan fingerprint density at radius 3 is 2.84 bits per heavy atom. The van der Waals surface area contributed by atoms with Gasteiger partial charge >= 0.3 is 5.97 Å². The number of morpholine rings is 1. The smallest absolute Gasteiger partial charge is 0.347 e. The summed E-state index contributed by atoms with van der Waals surface area (Å²) in [5.41, 5.74) is 0. The van der Waals surface area contributed by atoms with Crippen molar-refractivity contribution in [3.8, 4) is 0 Å². The summed E-state index contributed by atoms with van der Waals surface area (Å²) in [5, 5.41) is 10.5. The lowest BCUT2D eigenvalue weighted by Gasteiger charge is -2.35. The molecule has 19 heavy (non-hydrogen) atoms. The second kappa shape index (κ2) is 5.20. The van der Waals surface area contributed by atoms with Crippen molar-refractivity contribution in [2.45, 2.75) is 30.9 Å². The fraction of sp³-hybridized carbons (Fsp3) is 0.545. The molecule has 1 N–H and O–H groups in total. The van der Waals surface area contributed by atoms with Crippen LogP contribution in [0.15, 0.2) is 16.3 Å². The van der Waals surface area contributed by atoms with Gasteiger partial charge in [0.15, 0.2) is 0 Å². The molecule has 1 aliphatic heterocycles. The second-order valence-electron chi connectivity index (χ2n) is 4.49. The van der Waals surface area contributed by atoms with Gasteiger partial charge < -0.3 is 9.84 Å². The summed E-state index contributed by atoms with van der Waals surface area (Å²) < 4.78 is 31.8. The molecule has 0 aliphatic carbocycles. The lowest BCUT2D eigenvalue weighted by molar-refractivity contribution is -0.0170. The average molecular weight is 305 g/mol. The predicted molar refractivity (Wildman–Crippen MR) is 70.0 cm³/mol. The maximum Gasteiger partial charge on any atom is 0.347 e. The Labute approximate surface area is 115 Å². The molecule has 1 aromatic heterocycles. The average Bonchev–Trinajstić information content (AvgIpc) is 2.82. The molecule has 2 heterocycles. The van der Waals surface area contributed by atoms with Gasteiger partial charge in [-0.05, 0) is 25.3 Å². The van der Waals surface area contributed by atoms with E-state index in [0.717, 1.165) is 11.3 Å². The highest BCUT2D eigenvalue weighted by molar-refractivity contribution is 7.89. The molecule has 1 aromatic rings. The third-order valence-electron chi connectivity index (χ3n) is 2.96. The Balaban J connectivity index is 2.41. The number of aromatic carboxylic acids is 1. The molecule has 0 radical (unpaired) electrons. The molecule has 0 amide bonds. The number of hydrogen-bond acceptors (Lipinski definition) is 5. The van der Waals surface area contributed by atoms with Crippen molar-refractivity contribution in [3.05, 3.63) is 16.3 Å². The number of hydrogen-bond donors (Lipinski definition) is 1. The fourth-order valence-corrected chi connectivity index (χ4v) is 4.92. The highest BCUT2D eigenvalue weighted by Gasteiger charge is 2.36. The lowest BCUT2D eigenvalue weighted by atomic mass is 10.2. The molecule has 0 saturated carbocycles. The van der Waals surface area contributed by atoms with Crippen LogP contribution in [0.1, 0.15) is 23.5 Å². The van der Waals surface area contributed by atoms with Crippen LogP contribution in [0.3, 0.4) is 0 Å². The van der Waals surface area contributed by atoms with Crippen LogP contribution in [0.4, 0.5) is 0 Å². The standard InChI is InChI=1S/C11H15NO5S2/c1-7-6-17-8(2)5-12(7)19(15,16)9-3-4-18-10(9)11(13)14/h3-4,7-8H,5-6H2,1-2H3,(H,13,14). The van der Waals surface area contributed by atoms with Gasteiger partial charge in [0.05, 0.1) is 12.7 Å². The minimum absolute atomic E-state index is 0.133. The van der Waals surface area contributed by atoms with Gasteiger partial charge in [-0.1, -0.05) is 0 Å². The first-order valence-corrected chi connectivity index (χ1v) is 8.10. The molecule has 2 atom stereocenters. The summed E-state index contributed by atoms with van der Waals surface area (Å²) in [6, 6.07) is 1.04. The Morgan fingerprint density at radius 2 is 2.21 bits per heavy atom. The van der Waals surface area contributed by atoms with E-state index in [9.17, 15) is 13.2 Å². The van der Waals surface area contributed by atoms with E-state index in [0.29, 0.717) is 6.61 Å². The van der Waals surface area contributed by atoms with Crippen LogP contribution >= 0.6 is 11.3 Å². The largest absolute Gasteiger partial charge is 0.477 e. The van der Waals surface area contributed by atoms with Gasteiger partial charge in [-0.25, -0.2) is 13.2 Å². The summed E-state index contributed by atoms with van der Waals surface area (Å²) in [6.45, 7) is 4.09. The Kier molecular flexibility index (Phi) is 3.95. The minimum Gasteiger partial charge on any atom is -0.477 e. The van der Waals surface area contributed by atoms with Crippen molar-refractivity contribution >= 4 is 27.3 Å². The highest BCUT2D eigenvalue weighted by Crippen LogP contribution is 2.28. The number of carboxylic acids is 1. The molecular weight excluding hydrogens is 290 g/mol. The number of nitrogens with zero attached hydrogens (tertiary/aromatic N) is 1. The fourth-order valence-electron chi connectivity index (χ4n) is 1.99. The number of sulfonamides is 1. The van der Waals surface area contributed by atoms with Gasteiger partial charge in [0.1, 0.15) is 9.77 Å². The molecule has 0 bridgehead atoms. The van der Waals surface area contributed by atoms with Crippen molar-refractivity contribution < 1.29 is 23.1 Å². The van der Waals surface area contributed by atoms with Gasteiger partial charge in [-0.15, -0.1) is 11.3 Å². The molecule has 8 heteroatoms. The highest BCUT2D eigenvalue weighted by atomic mass is 32.2. The number of carboxylic acid groups (broad SMARTS) is 1.